The normalized spacial score (nSPS) is 24.8. The van der Waals surface area contributed by atoms with Crippen molar-refractivity contribution in [3.05, 3.63) is 88.4 Å². The molecule has 0 spiro atoms. The van der Waals surface area contributed by atoms with Gasteiger partial charge in [0.25, 0.3) is 0 Å². The zero-order valence-electron chi connectivity index (χ0n) is 20.1. The van der Waals surface area contributed by atoms with Gasteiger partial charge in [0, 0.05) is 23.0 Å². The van der Waals surface area contributed by atoms with E-state index in [-0.39, 0.29) is 12.2 Å². The highest BCUT2D eigenvalue weighted by atomic mass is 35.5. The monoisotopic (exact) mass is 520 g/mol. The lowest BCUT2D eigenvalue weighted by Crippen LogP contribution is -2.57. The summed E-state index contributed by atoms with van der Waals surface area (Å²) in [6, 6.07) is 17.2. The van der Waals surface area contributed by atoms with Gasteiger partial charge >= 0.3 is 5.97 Å². The molecule has 2 aliphatic rings. The van der Waals surface area contributed by atoms with Crippen molar-refractivity contribution in [2.75, 3.05) is 12.0 Å². The third kappa shape index (κ3) is 3.93. The van der Waals surface area contributed by atoms with Gasteiger partial charge in [0.1, 0.15) is 17.0 Å². The Morgan fingerprint density at radius 1 is 1.08 bits per heavy atom. The van der Waals surface area contributed by atoms with Crippen molar-refractivity contribution in [2.24, 2.45) is 11.8 Å². The summed E-state index contributed by atoms with van der Waals surface area (Å²) < 4.78 is 5.53. The molecule has 0 aliphatic carbocycles. The molecular formula is C28H25ClN2O6. The Balaban J connectivity index is 1.68. The number of imide groups is 1. The number of para-hydroxylation sites is 1. The Morgan fingerprint density at radius 3 is 2.43 bits per heavy atom. The van der Waals surface area contributed by atoms with E-state index in [4.69, 9.17) is 16.3 Å². The predicted molar refractivity (Wildman–Crippen MR) is 137 cm³/mol. The van der Waals surface area contributed by atoms with E-state index in [0.29, 0.717) is 27.6 Å². The topological polar surface area (TPSA) is 116 Å². The number of nitrogens with zero attached hydrogens (tertiary/aromatic N) is 1. The minimum absolute atomic E-state index is 0.0341. The van der Waals surface area contributed by atoms with Crippen LogP contribution in [0, 0.1) is 18.8 Å². The van der Waals surface area contributed by atoms with E-state index in [1.165, 1.54) is 19.2 Å². The van der Waals surface area contributed by atoms with E-state index in [2.05, 4.69) is 5.32 Å². The molecule has 0 saturated carbocycles. The molecular weight excluding hydrogens is 496 g/mol. The van der Waals surface area contributed by atoms with E-state index >= 15 is 0 Å². The number of aromatic hydroxyl groups is 1. The second kappa shape index (κ2) is 9.21. The van der Waals surface area contributed by atoms with Crippen molar-refractivity contribution in [2.45, 2.75) is 24.9 Å². The van der Waals surface area contributed by atoms with Crippen molar-refractivity contribution >= 4 is 35.1 Å². The molecule has 3 N–H and O–H groups in total. The van der Waals surface area contributed by atoms with Crippen molar-refractivity contribution in [1.82, 2.24) is 5.32 Å². The Hall–Kier alpha value is -3.88. The van der Waals surface area contributed by atoms with Crippen LogP contribution < -0.4 is 15.0 Å². The largest absolute Gasteiger partial charge is 0.508 e. The summed E-state index contributed by atoms with van der Waals surface area (Å²) >= 11 is 6.31. The first kappa shape index (κ1) is 24.8. The molecule has 2 amide bonds. The molecule has 2 aliphatic heterocycles. The Labute approximate surface area is 218 Å². The number of hydrogen-bond acceptors (Lipinski definition) is 6. The second-order valence-corrected chi connectivity index (χ2v) is 9.84. The fourth-order valence-corrected chi connectivity index (χ4v) is 5.71. The maximum Gasteiger partial charge on any atom is 0.325 e. The molecule has 9 heteroatoms. The van der Waals surface area contributed by atoms with Gasteiger partial charge in [0.05, 0.1) is 24.6 Å². The van der Waals surface area contributed by atoms with Gasteiger partial charge in [-0.1, -0.05) is 48.0 Å². The van der Waals surface area contributed by atoms with Gasteiger partial charge in [-0.05, 0) is 48.4 Å². The van der Waals surface area contributed by atoms with E-state index in [0.717, 1.165) is 10.5 Å². The van der Waals surface area contributed by atoms with Crippen LogP contribution in [0.25, 0.3) is 0 Å². The predicted octanol–water partition coefficient (Wildman–Crippen LogP) is 3.88. The number of fused-ring (bicyclic) bond motifs is 1. The number of ether oxygens (including phenoxy) is 1. The minimum Gasteiger partial charge on any atom is -0.508 e. The lowest BCUT2D eigenvalue weighted by molar-refractivity contribution is -0.148. The molecule has 4 unspecified atom stereocenters. The summed E-state index contributed by atoms with van der Waals surface area (Å²) in [5.74, 6) is -4.07. The summed E-state index contributed by atoms with van der Waals surface area (Å²) in [6.45, 7) is 1.81. The smallest absolute Gasteiger partial charge is 0.325 e. The molecule has 5 rings (SSSR count). The van der Waals surface area contributed by atoms with Crippen LogP contribution in [0.5, 0.6) is 11.5 Å². The molecule has 8 nitrogen and oxygen atoms in total. The van der Waals surface area contributed by atoms with E-state index in [9.17, 15) is 24.6 Å². The molecule has 2 saturated heterocycles. The van der Waals surface area contributed by atoms with Crippen LogP contribution in [-0.4, -0.2) is 40.6 Å². The third-order valence-electron chi connectivity index (χ3n) is 7.34. The molecule has 190 valence electrons. The number of carboxylic acid groups (broad SMARTS) is 1. The zero-order valence-corrected chi connectivity index (χ0v) is 20.9. The number of halogens is 1. The molecule has 2 fully saturated rings. The van der Waals surface area contributed by atoms with Crippen LogP contribution in [-0.2, 0) is 20.8 Å². The van der Waals surface area contributed by atoms with Gasteiger partial charge in [-0.15, -0.1) is 0 Å². The molecule has 0 aromatic heterocycles. The van der Waals surface area contributed by atoms with Gasteiger partial charge in [0.15, 0.2) is 0 Å². The maximum absolute atomic E-state index is 14.0. The zero-order chi connectivity index (χ0) is 26.5. The average molecular weight is 521 g/mol. The summed E-state index contributed by atoms with van der Waals surface area (Å²) in [5, 5.41) is 23.9. The quantitative estimate of drug-likeness (QED) is 0.422. The highest BCUT2D eigenvalue weighted by molar-refractivity contribution is 6.32. The summed E-state index contributed by atoms with van der Waals surface area (Å²) in [5.41, 5.74) is 0.444. The van der Waals surface area contributed by atoms with E-state index < -0.39 is 41.2 Å². The third-order valence-corrected chi connectivity index (χ3v) is 7.75. The van der Waals surface area contributed by atoms with Crippen molar-refractivity contribution in [3.63, 3.8) is 0 Å². The van der Waals surface area contributed by atoms with Gasteiger partial charge in [0.2, 0.25) is 11.8 Å². The number of phenols is 1. The van der Waals surface area contributed by atoms with E-state index in [1.807, 2.05) is 6.92 Å². The van der Waals surface area contributed by atoms with E-state index in [1.54, 1.807) is 54.6 Å². The fraction of sp³-hybridized carbons (Fsp3) is 0.250. The molecule has 3 aromatic rings. The average Bonchev–Trinajstić information content (AvgIpc) is 3.36. The number of anilines is 1. The molecule has 3 aromatic carbocycles. The molecule has 0 radical (unpaired) electrons. The van der Waals surface area contributed by atoms with Crippen molar-refractivity contribution < 1.29 is 29.3 Å². The van der Waals surface area contributed by atoms with Crippen LogP contribution in [0.3, 0.4) is 0 Å². The Bertz CT molecular complexity index is 1410. The number of carbonyl (C=O) groups is 3. The summed E-state index contributed by atoms with van der Waals surface area (Å²) in [6.07, 6.45) is -0.0864. The Kier molecular flexibility index (Phi) is 6.17. The van der Waals surface area contributed by atoms with Crippen molar-refractivity contribution in [3.8, 4) is 11.5 Å². The first-order valence-corrected chi connectivity index (χ1v) is 12.1. The fourth-order valence-electron chi connectivity index (χ4n) is 5.54. The number of methoxy groups -OCH3 is 1. The highest BCUT2D eigenvalue weighted by Gasteiger charge is 2.68. The first-order chi connectivity index (χ1) is 17.7. The number of rotatable bonds is 6. The molecule has 0 bridgehead atoms. The SMILES string of the molecule is COc1ccccc1C1NC(Cc2ccc(O)cc2)(C(=O)O)C2C(=O)N(c3ccc(C)c(Cl)c3)C(=O)C12. The van der Waals surface area contributed by atoms with Crippen LogP contribution >= 0.6 is 11.6 Å². The number of aryl methyl sites for hydroxylation is 1. The second-order valence-electron chi connectivity index (χ2n) is 9.43. The van der Waals surface area contributed by atoms with Gasteiger partial charge < -0.3 is 14.9 Å². The van der Waals surface area contributed by atoms with Crippen LogP contribution in [0.1, 0.15) is 22.7 Å². The summed E-state index contributed by atoms with van der Waals surface area (Å²) in [4.78, 5) is 42.0. The van der Waals surface area contributed by atoms with Crippen LogP contribution in [0.15, 0.2) is 66.7 Å². The number of carboxylic acids is 1. The number of benzene rings is 3. The van der Waals surface area contributed by atoms with Crippen LogP contribution in [0.4, 0.5) is 5.69 Å². The van der Waals surface area contributed by atoms with Gasteiger partial charge in [-0.25, -0.2) is 4.90 Å². The number of phenolic OH excluding ortho intramolecular Hbond substituents is 1. The number of hydrogen-bond donors (Lipinski definition) is 3. The summed E-state index contributed by atoms with van der Waals surface area (Å²) in [7, 11) is 1.49. The van der Waals surface area contributed by atoms with Gasteiger partial charge in [-0.2, -0.15) is 0 Å². The Morgan fingerprint density at radius 2 is 1.78 bits per heavy atom. The molecule has 4 atom stereocenters. The lowest BCUT2D eigenvalue weighted by Gasteiger charge is -2.31. The number of nitrogens with one attached hydrogen (secondary N) is 1. The number of aliphatic carboxylic acids is 1. The minimum atomic E-state index is -1.80. The van der Waals surface area contributed by atoms with Crippen molar-refractivity contribution in [1.29, 1.82) is 0 Å². The maximum atomic E-state index is 14.0. The van der Waals surface area contributed by atoms with Gasteiger partial charge in [-0.3, -0.25) is 19.7 Å². The number of amides is 2. The lowest BCUT2D eigenvalue weighted by atomic mass is 9.76. The molecule has 37 heavy (non-hydrogen) atoms. The standard InChI is InChI=1S/C28H25ClN2O6/c1-15-7-10-17(13-20(15)29)31-25(33)22-23(26(31)34)28(27(35)36,14-16-8-11-18(32)12-9-16)30-24(22)19-5-3-4-6-21(19)37-2/h3-13,22-24,30,32H,14H2,1-2H3,(H,35,36). The molecule has 2 heterocycles. The number of carbonyl (C=O) groups excluding carboxylic acids is 2. The highest BCUT2D eigenvalue weighted by Crippen LogP contribution is 2.52. The van der Waals surface area contributed by atoms with Crippen LogP contribution in [0.2, 0.25) is 5.02 Å². The first-order valence-electron chi connectivity index (χ1n) is 11.7.